The number of aliphatic hydroxyl groups excluding tert-OH is 2. The molecule has 0 amide bonds. The van der Waals surface area contributed by atoms with E-state index in [0.29, 0.717) is 49.7 Å². The molecule has 0 unspecified atom stereocenters. The number of nitrogen functional groups attached to an aromatic ring is 1. The smallest absolute Gasteiger partial charge is 0.347 e. The summed E-state index contributed by atoms with van der Waals surface area (Å²) in [6, 6.07) is 8.78. The summed E-state index contributed by atoms with van der Waals surface area (Å²) < 4.78 is 11.5. The molecule has 0 aliphatic heterocycles. The molecular formula is C22H24N4O5. The van der Waals surface area contributed by atoms with Crippen LogP contribution in [0.4, 0.5) is 5.82 Å². The average Bonchev–Trinajstić information content (AvgIpc) is 3.35. The lowest BCUT2D eigenvalue weighted by Gasteiger charge is -2.18. The summed E-state index contributed by atoms with van der Waals surface area (Å²) in [5, 5.41) is 28.7. The molecule has 0 saturated heterocycles. The number of nitriles is 1. The Hall–Kier alpha value is -3.22. The molecule has 0 spiro atoms. The Balaban J connectivity index is 1.68. The number of anilines is 1. The van der Waals surface area contributed by atoms with E-state index in [1.54, 1.807) is 24.3 Å². The molecular weight excluding hydrogens is 400 g/mol. The summed E-state index contributed by atoms with van der Waals surface area (Å²) in [5.74, 6) is -0.588. The van der Waals surface area contributed by atoms with Crippen LogP contribution in [0.3, 0.4) is 0 Å². The molecule has 0 radical (unpaired) electrons. The Kier molecular flexibility index (Phi) is 6.02. The molecule has 2 fully saturated rings. The van der Waals surface area contributed by atoms with Crippen molar-refractivity contribution in [3.05, 3.63) is 35.4 Å². The van der Waals surface area contributed by atoms with Crippen molar-refractivity contribution in [1.29, 1.82) is 5.26 Å². The van der Waals surface area contributed by atoms with E-state index in [2.05, 4.69) is 16.0 Å². The van der Waals surface area contributed by atoms with Crippen LogP contribution in [0.1, 0.15) is 54.4 Å². The third-order valence-electron chi connectivity index (χ3n) is 5.62. The SMILES string of the molecule is N#Cc1cccc(-c2nc(N)c(C(=O)O[C@@H]3CC[C@@H](O)C3)c(O[C@@H]3CC[C@@H](O)C3)n2)c1. The maximum absolute atomic E-state index is 12.9. The highest BCUT2D eigenvalue weighted by Gasteiger charge is 2.32. The number of ether oxygens (including phenoxy) is 2. The van der Waals surface area contributed by atoms with E-state index >= 15 is 0 Å². The summed E-state index contributed by atoms with van der Waals surface area (Å²) in [7, 11) is 0. The number of carbonyl (C=O) groups is 1. The second-order valence-corrected chi connectivity index (χ2v) is 8.01. The fourth-order valence-corrected chi connectivity index (χ4v) is 4.01. The topological polar surface area (TPSA) is 152 Å². The maximum atomic E-state index is 12.9. The van der Waals surface area contributed by atoms with Gasteiger partial charge in [0.1, 0.15) is 18.0 Å². The van der Waals surface area contributed by atoms with Gasteiger partial charge in [-0.3, -0.25) is 0 Å². The Morgan fingerprint density at radius 3 is 2.45 bits per heavy atom. The number of nitrogens with two attached hydrogens (primary N) is 1. The van der Waals surface area contributed by atoms with Crippen LogP contribution in [0.2, 0.25) is 0 Å². The van der Waals surface area contributed by atoms with E-state index in [4.69, 9.17) is 20.5 Å². The zero-order valence-corrected chi connectivity index (χ0v) is 16.9. The third-order valence-corrected chi connectivity index (χ3v) is 5.62. The number of rotatable bonds is 5. The van der Waals surface area contributed by atoms with Crippen LogP contribution in [-0.4, -0.2) is 50.6 Å². The molecule has 4 N–H and O–H groups in total. The van der Waals surface area contributed by atoms with Crippen LogP contribution in [0.5, 0.6) is 5.88 Å². The highest BCUT2D eigenvalue weighted by Crippen LogP contribution is 2.32. The minimum Gasteiger partial charge on any atom is -0.473 e. The molecule has 2 aliphatic carbocycles. The van der Waals surface area contributed by atoms with E-state index in [1.807, 2.05) is 0 Å². The number of carbonyl (C=O) groups excluding carboxylic acids is 1. The van der Waals surface area contributed by atoms with Gasteiger partial charge >= 0.3 is 5.97 Å². The Bertz CT molecular complexity index is 1020. The van der Waals surface area contributed by atoms with Gasteiger partial charge in [-0.05, 0) is 37.8 Å². The van der Waals surface area contributed by atoms with Crippen molar-refractivity contribution < 1.29 is 24.5 Å². The fraction of sp³-hybridized carbons (Fsp3) is 0.455. The van der Waals surface area contributed by atoms with E-state index in [1.165, 1.54) is 0 Å². The lowest BCUT2D eigenvalue weighted by molar-refractivity contribution is 0.0280. The van der Waals surface area contributed by atoms with Gasteiger partial charge in [0.2, 0.25) is 5.88 Å². The van der Waals surface area contributed by atoms with Crippen LogP contribution in [-0.2, 0) is 4.74 Å². The van der Waals surface area contributed by atoms with Crippen LogP contribution < -0.4 is 10.5 Å². The maximum Gasteiger partial charge on any atom is 0.347 e. The normalized spacial score (nSPS) is 25.2. The first-order valence-electron chi connectivity index (χ1n) is 10.3. The highest BCUT2D eigenvalue weighted by atomic mass is 16.5. The molecule has 4 atom stereocenters. The van der Waals surface area contributed by atoms with Gasteiger partial charge in [-0.1, -0.05) is 12.1 Å². The largest absolute Gasteiger partial charge is 0.473 e. The number of nitrogens with zero attached hydrogens (tertiary/aromatic N) is 3. The second kappa shape index (κ2) is 8.88. The van der Waals surface area contributed by atoms with Gasteiger partial charge in [0.25, 0.3) is 0 Å². The Morgan fingerprint density at radius 2 is 1.81 bits per heavy atom. The van der Waals surface area contributed by atoms with Crippen LogP contribution in [0, 0.1) is 11.3 Å². The predicted molar refractivity (Wildman–Crippen MR) is 110 cm³/mol. The molecule has 0 bridgehead atoms. The van der Waals surface area contributed by atoms with Crippen molar-refractivity contribution in [2.45, 2.75) is 62.9 Å². The van der Waals surface area contributed by atoms with Crippen LogP contribution in [0.25, 0.3) is 11.4 Å². The van der Waals surface area contributed by atoms with Gasteiger partial charge in [0, 0.05) is 18.4 Å². The molecule has 1 aromatic heterocycles. The molecule has 9 nitrogen and oxygen atoms in total. The summed E-state index contributed by atoms with van der Waals surface area (Å²) in [5.41, 5.74) is 7.06. The molecule has 1 heterocycles. The monoisotopic (exact) mass is 424 g/mol. The molecule has 2 aliphatic rings. The zero-order chi connectivity index (χ0) is 22.0. The van der Waals surface area contributed by atoms with Gasteiger partial charge in [0.05, 0.1) is 23.8 Å². The highest BCUT2D eigenvalue weighted by molar-refractivity contribution is 5.97. The van der Waals surface area contributed by atoms with E-state index in [-0.39, 0.29) is 29.2 Å². The van der Waals surface area contributed by atoms with Crippen molar-refractivity contribution in [3.8, 4) is 23.3 Å². The van der Waals surface area contributed by atoms with Crippen molar-refractivity contribution in [3.63, 3.8) is 0 Å². The van der Waals surface area contributed by atoms with Crippen molar-refractivity contribution in [1.82, 2.24) is 9.97 Å². The standard InChI is InChI=1S/C22H24N4O5/c23-11-12-2-1-3-13(8-12)20-25-19(24)18(22(29)31-17-7-5-15(28)10-17)21(26-20)30-16-6-4-14(27)9-16/h1-3,8,14-17,27-28H,4-7,9-10H2,(H2,24,25,26)/t14-,15-,16-,17-/m1/s1. The molecule has 2 aromatic rings. The van der Waals surface area contributed by atoms with Gasteiger partial charge < -0.3 is 25.4 Å². The fourth-order valence-electron chi connectivity index (χ4n) is 4.01. The quantitative estimate of drug-likeness (QED) is 0.612. The molecule has 162 valence electrons. The number of aliphatic hydroxyl groups is 2. The lowest BCUT2D eigenvalue weighted by Crippen LogP contribution is -2.22. The van der Waals surface area contributed by atoms with Gasteiger partial charge in [-0.15, -0.1) is 0 Å². The Labute approximate surface area is 179 Å². The van der Waals surface area contributed by atoms with Crippen LogP contribution >= 0.6 is 0 Å². The number of aromatic nitrogens is 2. The first-order valence-corrected chi connectivity index (χ1v) is 10.3. The predicted octanol–water partition coefficient (Wildman–Crippen LogP) is 1.96. The average molecular weight is 424 g/mol. The molecule has 9 heteroatoms. The van der Waals surface area contributed by atoms with Gasteiger partial charge in [-0.25, -0.2) is 9.78 Å². The van der Waals surface area contributed by atoms with E-state index in [9.17, 15) is 15.0 Å². The number of benzene rings is 1. The second-order valence-electron chi connectivity index (χ2n) is 8.01. The van der Waals surface area contributed by atoms with Crippen molar-refractivity contribution in [2.24, 2.45) is 0 Å². The first kappa shape index (κ1) is 21.0. The van der Waals surface area contributed by atoms with Crippen LogP contribution in [0.15, 0.2) is 24.3 Å². The van der Waals surface area contributed by atoms with Crippen molar-refractivity contribution in [2.75, 3.05) is 5.73 Å². The summed E-state index contributed by atoms with van der Waals surface area (Å²) in [4.78, 5) is 21.6. The van der Waals surface area contributed by atoms with E-state index < -0.39 is 24.3 Å². The molecule has 4 rings (SSSR count). The summed E-state index contributed by atoms with van der Waals surface area (Å²) >= 11 is 0. The third kappa shape index (κ3) is 4.76. The number of esters is 1. The lowest BCUT2D eigenvalue weighted by atomic mass is 10.1. The van der Waals surface area contributed by atoms with E-state index in [0.717, 1.165) is 0 Å². The number of hydrogen-bond donors (Lipinski definition) is 3. The summed E-state index contributed by atoms with van der Waals surface area (Å²) in [6.45, 7) is 0. The number of hydrogen-bond acceptors (Lipinski definition) is 9. The molecule has 1 aromatic carbocycles. The van der Waals surface area contributed by atoms with Gasteiger partial charge in [-0.2, -0.15) is 10.2 Å². The minimum atomic E-state index is -0.706. The van der Waals surface area contributed by atoms with Crippen molar-refractivity contribution >= 4 is 11.8 Å². The summed E-state index contributed by atoms with van der Waals surface area (Å²) in [6.07, 6.45) is 1.47. The molecule has 31 heavy (non-hydrogen) atoms. The Morgan fingerprint density at radius 1 is 1.10 bits per heavy atom. The zero-order valence-electron chi connectivity index (χ0n) is 16.9. The first-order chi connectivity index (χ1) is 14.9. The molecule has 2 saturated carbocycles. The minimum absolute atomic E-state index is 0.00694. The van der Waals surface area contributed by atoms with Gasteiger partial charge in [0.15, 0.2) is 11.4 Å².